The van der Waals surface area contributed by atoms with Crippen molar-refractivity contribution in [3.05, 3.63) is 23.3 Å². The summed E-state index contributed by atoms with van der Waals surface area (Å²) < 4.78 is 6.17. The summed E-state index contributed by atoms with van der Waals surface area (Å²) >= 11 is 0. The molecule has 1 spiro atoms. The molecule has 0 aromatic heterocycles. The van der Waals surface area contributed by atoms with Crippen LogP contribution in [0.25, 0.3) is 0 Å². The molecule has 0 radical (unpaired) electrons. The van der Waals surface area contributed by atoms with Gasteiger partial charge in [0, 0.05) is 17.6 Å². The summed E-state index contributed by atoms with van der Waals surface area (Å²) in [5, 5.41) is 22.0. The Morgan fingerprint density at radius 3 is 3.00 bits per heavy atom. The zero-order valence-electron chi connectivity index (χ0n) is 12.7. The van der Waals surface area contributed by atoms with E-state index in [2.05, 4.69) is 11.9 Å². The fraction of sp³-hybridized carbons (Fsp3) is 0.647. The number of hydrogen-bond donors (Lipinski definition) is 3. The van der Waals surface area contributed by atoms with Crippen molar-refractivity contribution in [1.29, 1.82) is 0 Å². The zero-order valence-corrected chi connectivity index (χ0v) is 12.7. The number of rotatable bonds is 0. The molecule has 2 bridgehead atoms. The van der Waals surface area contributed by atoms with Gasteiger partial charge in [0.2, 0.25) is 0 Å². The molecule has 0 amide bonds. The lowest BCUT2D eigenvalue weighted by Crippen LogP contribution is -2.77. The quantitative estimate of drug-likeness (QED) is 0.650. The number of likely N-dealkylation sites (N-methyl/N-ethyl adjacent to an activating group) is 1. The summed E-state index contributed by atoms with van der Waals surface area (Å²) in [7, 11) is 2.10. The smallest absolute Gasteiger partial charge is 0.165 e. The number of nitrogens with two attached hydrogens (primary N) is 1. The summed E-state index contributed by atoms with van der Waals surface area (Å²) in [5.74, 6) is 0.746. The highest BCUT2D eigenvalue weighted by Gasteiger charge is 2.72. The first-order chi connectivity index (χ1) is 10.5. The summed E-state index contributed by atoms with van der Waals surface area (Å²) in [5.41, 5.74) is 7.35. The summed E-state index contributed by atoms with van der Waals surface area (Å²) in [6, 6.07) is 3.71. The van der Waals surface area contributed by atoms with Crippen molar-refractivity contribution < 1.29 is 14.9 Å². The molecule has 5 heteroatoms. The van der Waals surface area contributed by atoms with E-state index in [1.165, 1.54) is 5.56 Å². The third kappa shape index (κ3) is 1.17. The fourth-order valence-corrected chi connectivity index (χ4v) is 5.79. The highest BCUT2D eigenvalue weighted by Crippen LogP contribution is 2.64. The van der Waals surface area contributed by atoms with Crippen LogP contribution in [0.15, 0.2) is 12.1 Å². The minimum absolute atomic E-state index is 0.0953. The molecule has 4 N–H and O–H groups in total. The van der Waals surface area contributed by atoms with E-state index in [1.807, 2.05) is 6.07 Å². The number of phenolic OH excluding ortho intramolecular Hbond substituents is 1. The Morgan fingerprint density at radius 1 is 1.36 bits per heavy atom. The average Bonchev–Trinajstić information content (AvgIpc) is 2.85. The fourth-order valence-electron chi connectivity index (χ4n) is 5.79. The summed E-state index contributed by atoms with van der Waals surface area (Å²) in [4.78, 5) is 2.28. The van der Waals surface area contributed by atoms with Crippen LogP contribution in [0, 0.1) is 0 Å². The van der Waals surface area contributed by atoms with Gasteiger partial charge in [-0.3, -0.25) is 0 Å². The lowest BCUT2D eigenvalue weighted by molar-refractivity contribution is -0.184. The molecule has 1 saturated carbocycles. The maximum Gasteiger partial charge on any atom is 0.165 e. The third-order valence-corrected chi connectivity index (χ3v) is 6.78. The number of ether oxygens (including phenoxy) is 1. The first-order valence-corrected chi connectivity index (χ1v) is 8.19. The van der Waals surface area contributed by atoms with Gasteiger partial charge >= 0.3 is 0 Å². The van der Waals surface area contributed by atoms with Gasteiger partial charge in [-0.15, -0.1) is 0 Å². The largest absolute Gasteiger partial charge is 0.504 e. The lowest BCUT2D eigenvalue weighted by Gasteiger charge is -2.63. The number of aromatic hydroxyl groups is 1. The number of nitrogens with zero attached hydrogens (tertiary/aromatic N) is 1. The number of piperidine rings is 1. The van der Waals surface area contributed by atoms with E-state index in [1.54, 1.807) is 6.07 Å². The van der Waals surface area contributed by atoms with Crippen molar-refractivity contribution in [3.8, 4) is 11.5 Å². The van der Waals surface area contributed by atoms with Crippen molar-refractivity contribution in [2.75, 3.05) is 13.6 Å². The molecule has 22 heavy (non-hydrogen) atoms. The maximum absolute atomic E-state index is 11.7. The first kappa shape index (κ1) is 13.2. The van der Waals surface area contributed by atoms with Crippen molar-refractivity contribution in [2.45, 2.75) is 54.9 Å². The molecule has 1 aromatic rings. The monoisotopic (exact) mass is 302 g/mol. The minimum atomic E-state index is -0.813. The van der Waals surface area contributed by atoms with Gasteiger partial charge in [0.15, 0.2) is 11.5 Å². The zero-order chi connectivity index (χ0) is 15.3. The Morgan fingerprint density at radius 2 is 2.18 bits per heavy atom. The molecular weight excluding hydrogens is 280 g/mol. The van der Waals surface area contributed by atoms with Gasteiger partial charge in [-0.1, -0.05) is 6.07 Å². The Hall–Kier alpha value is -1.30. The molecule has 5 rings (SSSR count). The van der Waals surface area contributed by atoms with E-state index in [9.17, 15) is 10.2 Å². The summed E-state index contributed by atoms with van der Waals surface area (Å²) in [6.07, 6.45) is 2.88. The molecule has 1 saturated heterocycles. The lowest BCUT2D eigenvalue weighted by atomic mass is 9.48. The molecule has 2 aliphatic heterocycles. The van der Waals surface area contributed by atoms with Crippen LogP contribution >= 0.6 is 0 Å². The molecular formula is C17H22N2O3. The van der Waals surface area contributed by atoms with Crippen LogP contribution in [-0.4, -0.2) is 52.5 Å². The SMILES string of the molecule is CN1CCC23c4c5ccc(O)c4O[C@H]2C(N)CCC3(O)C1C5. The Labute approximate surface area is 129 Å². The van der Waals surface area contributed by atoms with E-state index in [0.29, 0.717) is 12.2 Å². The van der Waals surface area contributed by atoms with Crippen LogP contribution in [0.3, 0.4) is 0 Å². The molecule has 2 fully saturated rings. The second kappa shape index (κ2) is 3.78. The van der Waals surface area contributed by atoms with Crippen LogP contribution in [0.2, 0.25) is 0 Å². The van der Waals surface area contributed by atoms with Gasteiger partial charge in [0.25, 0.3) is 0 Å². The van der Waals surface area contributed by atoms with E-state index >= 15 is 0 Å². The standard InChI is InChI=1S/C17H22N2O3/c1-19-7-6-16-13-9-2-3-11(20)14(13)22-15(16)10(18)4-5-17(16,21)12(19)8-9/h2-3,10,12,15,20-21H,4-8,18H2,1H3/t10?,12?,15-,16?,17?/m0/s1. The van der Waals surface area contributed by atoms with E-state index in [0.717, 1.165) is 31.4 Å². The van der Waals surface area contributed by atoms with Crippen LogP contribution in [0.4, 0.5) is 0 Å². The topological polar surface area (TPSA) is 79.0 Å². The predicted octanol–water partition coefficient (Wildman–Crippen LogP) is 0.503. The van der Waals surface area contributed by atoms with Crippen molar-refractivity contribution >= 4 is 0 Å². The van der Waals surface area contributed by atoms with E-state index in [4.69, 9.17) is 10.5 Å². The first-order valence-electron chi connectivity index (χ1n) is 8.19. The third-order valence-electron chi connectivity index (χ3n) is 6.78. The predicted molar refractivity (Wildman–Crippen MR) is 81.1 cm³/mol. The average molecular weight is 302 g/mol. The molecule has 2 aliphatic carbocycles. The van der Waals surface area contributed by atoms with Gasteiger partial charge in [-0.05, 0) is 50.9 Å². The van der Waals surface area contributed by atoms with Crippen molar-refractivity contribution in [2.24, 2.45) is 5.73 Å². The Bertz CT molecular complexity index is 678. The highest BCUT2D eigenvalue weighted by atomic mass is 16.5. The van der Waals surface area contributed by atoms with Crippen LogP contribution in [-0.2, 0) is 11.8 Å². The van der Waals surface area contributed by atoms with Gasteiger partial charge in [-0.25, -0.2) is 0 Å². The van der Waals surface area contributed by atoms with Gasteiger partial charge in [-0.2, -0.15) is 0 Å². The molecule has 5 atom stereocenters. The molecule has 2 heterocycles. The van der Waals surface area contributed by atoms with Crippen LogP contribution < -0.4 is 10.5 Å². The van der Waals surface area contributed by atoms with Crippen molar-refractivity contribution in [1.82, 2.24) is 4.90 Å². The van der Waals surface area contributed by atoms with Crippen molar-refractivity contribution in [3.63, 3.8) is 0 Å². The van der Waals surface area contributed by atoms with Gasteiger partial charge in [0.1, 0.15) is 6.10 Å². The minimum Gasteiger partial charge on any atom is -0.504 e. The van der Waals surface area contributed by atoms with Gasteiger partial charge < -0.3 is 25.6 Å². The second-order valence-electron chi connectivity index (χ2n) is 7.54. The molecule has 1 aromatic carbocycles. The van der Waals surface area contributed by atoms with Crippen LogP contribution in [0.5, 0.6) is 11.5 Å². The van der Waals surface area contributed by atoms with E-state index < -0.39 is 11.0 Å². The number of hydrogen-bond acceptors (Lipinski definition) is 5. The van der Waals surface area contributed by atoms with Gasteiger partial charge in [0.05, 0.1) is 11.0 Å². The van der Waals surface area contributed by atoms with Crippen LogP contribution in [0.1, 0.15) is 30.4 Å². The number of benzene rings is 1. The molecule has 5 nitrogen and oxygen atoms in total. The Balaban J connectivity index is 1.86. The second-order valence-corrected chi connectivity index (χ2v) is 7.54. The highest BCUT2D eigenvalue weighted by molar-refractivity contribution is 5.62. The number of likely N-dealkylation sites (tertiary alicyclic amines) is 1. The molecule has 4 unspecified atom stereocenters. The normalized spacial score (nSPS) is 45.3. The maximum atomic E-state index is 11.7. The molecule has 4 aliphatic rings. The molecule has 118 valence electrons. The number of phenols is 1. The summed E-state index contributed by atoms with van der Waals surface area (Å²) in [6.45, 7) is 0.925. The Kier molecular flexibility index (Phi) is 2.26. The van der Waals surface area contributed by atoms with E-state index in [-0.39, 0.29) is 23.9 Å². The number of aliphatic hydroxyl groups is 1.